The summed E-state index contributed by atoms with van der Waals surface area (Å²) >= 11 is 0. The van der Waals surface area contributed by atoms with Gasteiger partial charge in [0.1, 0.15) is 0 Å². The molecule has 0 aliphatic rings. The van der Waals surface area contributed by atoms with Gasteiger partial charge in [0.25, 0.3) is 0 Å². The molecule has 0 saturated carbocycles. The first kappa shape index (κ1) is 68.6. The molecule has 0 aromatic rings. The molecule has 0 saturated heterocycles. The molecule has 6 nitrogen and oxygen atoms in total. The van der Waals surface area contributed by atoms with E-state index in [2.05, 4.69) is 19.2 Å². The number of amides is 1. The maximum absolute atomic E-state index is 12.5. The van der Waals surface area contributed by atoms with Crippen molar-refractivity contribution in [1.29, 1.82) is 0 Å². The average molecular weight is 989 g/mol. The Hall–Kier alpha value is -1.40. The number of aliphatic hydroxyl groups excluding tert-OH is 2. The molecular weight excluding hydrogens is 863 g/mol. The lowest BCUT2D eigenvalue weighted by atomic mass is 10.0. The Morgan fingerprint density at radius 3 is 0.971 bits per heavy atom. The minimum Gasteiger partial charge on any atom is -0.466 e. The van der Waals surface area contributed by atoms with Crippen molar-refractivity contribution in [2.75, 3.05) is 13.2 Å². The van der Waals surface area contributed by atoms with E-state index in [1.54, 1.807) is 6.08 Å². The van der Waals surface area contributed by atoms with Gasteiger partial charge in [-0.15, -0.1) is 0 Å². The number of hydrogen-bond donors (Lipinski definition) is 3. The van der Waals surface area contributed by atoms with Crippen LogP contribution in [0.1, 0.15) is 361 Å². The Kier molecular flexibility index (Phi) is 59.0. The highest BCUT2D eigenvalue weighted by Crippen LogP contribution is 2.18. The summed E-state index contributed by atoms with van der Waals surface area (Å²) in [4.78, 5) is 24.6. The molecule has 0 aliphatic carbocycles. The van der Waals surface area contributed by atoms with Crippen LogP contribution in [-0.2, 0) is 14.3 Å². The molecule has 3 N–H and O–H groups in total. The molecule has 70 heavy (non-hydrogen) atoms. The monoisotopic (exact) mass is 988 g/mol. The Labute approximate surface area is 438 Å². The highest BCUT2D eigenvalue weighted by atomic mass is 16.5. The minimum atomic E-state index is -0.846. The van der Waals surface area contributed by atoms with Crippen LogP contribution in [0.3, 0.4) is 0 Å². The van der Waals surface area contributed by atoms with Crippen LogP contribution in [-0.4, -0.2) is 47.4 Å². The van der Waals surface area contributed by atoms with Gasteiger partial charge in [-0.2, -0.15) is 0 Å². The van der Waals surface area contributed by atoms with Gasteiger partial charge < -0.3 is 20.3 Å². The summed E-state index contributed by atoms with van der Waals surface area (Å²) in [5, 5.41) is 23.1. The molecular formula is C64H125NO5. The van der Waals surface area contributed by atoms with Crippen molar-refractivity contribution >= 4 is 11.9 Å². The molecule has 0 fully saturated rings. The zero-order valence-electron chi connectivity index (χ0n) is 47.5. The quantitative estimate of drug-likeness (QED) is 0.0321. The van der Waals surface area contributed by atoms with Crippen LogP contribution < -0.4 is 5.32 Å². The lowest BCUT2D eigenvalue weighted by Crippen LogP contribution is -2.45. The second-order valence-electron chi connectivity index (χ2n) is 22.1. The fourth-order valence-electron chi connectivity index (χ4n) is 10.2. The van der Waals surface area contributed by atoms with Gasteiger partial charge in [-0.05, 0) is 32.1 Å². The third-order valence-corrected chi connectivity index (χ3v) is 15.1. The Bertz CT molecular complexity index is 1050. The average Bonchev–Trinajstić information content (AvgIpc) is 3.36. The summed E-state index contributed by atoms with van der Waals surface area (Å²) in [5.41, 5.74) is 0. The number of aliphatic hydroxyl groups is 2. The van der Waals surface area contributed by atoms with E-state index in [-0.39, 0.29) is 18.5 Å². The molecule has 2 unspecified atom stereocenters. The van der Waals surface area contributed by atoms with E-state index < -0.39 is 12.1 Å². The van der Waals surface area contributed by atoms with Crippen LogP contribution in [0, 0.1) is 0 Å². The molecule has 2 atom stereocenters. The molecule has 0 radical (unpaired) electrons. The fourth-order valence-corrected chi connectivity index (χ4v) is 10.2. The van der Waals surface area contributed by atoms with Crippen molar-refractivity contribution < 1.29 is 24.5 Å². The smallest absolute Gasteiger partial charge is 0.305 e. The Morgan fingerprint density at radius 2 is 0.657 bits per heavy atom. The maximum atomic E-state index is 12.5. The van der Waals surface area contributed by atoms with Gasteiger partial charge in [-0.25, -0.2) is 0 Å². The van der Waals surface area contributed by atoms with Crippen molar-refractivity contribution in [1.82, 2.24) is 5.32 Å². The summed E-state index contributed by atoms with van der Waals surface area (Å²) in [5.74, 6) is -0.0569. The van der Waals surface area contributed by atoms with E-state index in [1.165, 1.54) is 295 Å². The fraction of sp³-hybridized carbons (Fsp3) is 0.938. The predicted octanol–water partition coefficient (Wildman–Crippen LogP) is 20.0. The first-order valence-electron chi connectivity index (χ1n) is 32.0. The number of allylic oxidation sites excluding steroid dienone is 1. The van der Waals surface area contributed by atoms with Gasteiger partial charge in [0.15, 0.2) is 0 Å². The van der Waals surface area contributed by atoms with Crippen LogP contribution in [0.15, 0.2) is 12.2 Å². The van der Waals surface area contributed by atoms with Gasteiger partial charge in [0, 0.05) is 12.8 Å². The molecule has 0 aromatic heterocycles. The Morgan fingerprint density at radius 1 is 0.386 bits per heavy atom. The molecule has 1 amide bonds. The molecule has 0 aromatic carbocycles. The zero-order chi connectivity index (χ0) is 50.7. The maximum Gasteiger partial charge on any atom is 0.305 e. The van der Waals surface area contributed by atoms with Gasteiger partial charge >= 0.3 is 5.97 Å². The van der Waals surface area contributed by atoms with E-state index in [0.717, 1.165) is 38.5 Å². The largest absolute Gasteiger partial charge is 0.466 e. The van der Waals surface area contributed by atoms with Crippen LogP contribution in [0.5, 0.6) is 0 Å². The second-order valence-corrected chi connectivity index (χ2v) is 22.1. The summed E-state index contributed by atoms with van der Waals surface area (Å²) in [7, 11) is 0. The number of carbonyl (C=O) groups excluding carboxylic acids is 2. The number of rotatable bonds is 60. The lowest BCUT2D eigenvalue weighted by molar-refractivity contribution is -0.143. The highest BCUT2D eigenvalue weighted by Gasteiger charge is 2.18. The minimum absolute atomic E-state index is 0.0121. The molecule has 0 rings (SSSR count). The summed E-state index contributed by atoms with van der Waals surface area (Å²) in [6.07, 6.45) is 72.5. The Balaban J connectivity index is 3.39. The van der Waals surface area contributed by atoms with Gasteiger partial charge in [-0.1, -0.05) is 328 Å². The highest BCUT2D eigenvalue weighted by molar-refractivity contribution is 5.76. The van der Waals surface area contributed by atoms with Crippen LogP contribution in [0.4, 0.5) is 0 Å². The van der Waals surface area contributed by atoms with Gasteiger partial charge in [-0.3, -0.25) is 9.59 Å². The van der Waals surface area contributed by atoms with Gasteiger partial charge in [0.2, 0.25) is 5.91 Å². The predicted molar refractivity (Wildman–Crippen MR) is 306 cm³/mol. The first-order valence-corrected chi connectivity index (χ1v) is 32.0. The van der Waals surface area contributed by atoms with Crippen molar-refractivity contribution in [2.24, 2.45) is 0 Å². The first-order chi connectivity index (χ1) is 34.5. The van der Waals surface area contributed by atoms with Crippen LogP contribution >= 0.6 is 0 Å². The molecule has 0 spiro atoms. The number of esters is 1. The third kappa shape index (κ3) is 55.9. The van der Waals surface area contributed by atoms with Crippen molar-refractivity contribution in [2.45, 2.75) is 373 Å². The zero-order valence-corrected chi connectivity index (χ0v) is 47.5. The lowest BCUT2D eigenvalue weighted by Gasteiger charge is -2.20. The number of nitrogens with one attached hydrogen (secondary N) is 1. The number of unbranched alkanes of at least 4 members (excludes halogenated alkanes) is 49. The van der Waals surface area contributed by atoms with Gasteiger partial charge in [0.05, 0.1) is 25.4 Å². The SMILES string of the molecule is CCCCCCCCCCCCCCCC/C=C/C(O)C(CO)NC(=O)CCCCCCCCCCCCCCCCCCCCOC(=O)CCCCCCCCCCCCCCCCCCCCC. The van der Waals surface area contributed by atoms with Crippen LogP contribution in [0.2, 0.25) is 0 Å². The van der Waals surface area contributed by atoms with E-state index in [0.29, 0.717) is 19.4 Å². The van der Waals surface area contributed by atoms with Crippen LogP contribution in [0.25, 0.3) is 0 Å². The van der Waals surface area contributed by atoms with Crippen molar-refractivity contribution in [3.8, 4) is 0 Å². The molecule has 0 heterocycles. The summed E-state index contributed by atoms with van der Waals surface area (Å²) in [6.45, 7) is 4.93. The van der Waals surface area contributed by atoms with E-state index in [4.69, 9.17) is 4.74 Å². The standard InChI is InChI=1S/C64H125NO5/c1-3-5-7-9-11-13-15-17-19-21-22-26-30-34-38-42-46-50-54-58-64(69)70-59-55-51-47-43-39-35-31-27-24-23-25-29-33-37-41-45-49-53-57-63(68)65-61(60-66)62(67)56-52-48-44-40-36-32-28-20-18-16-14-12-10-8-6-4-2/h52,56,61-62,66-67H,3-51,53-55,57-60H2,1-2H3,(H,65,68)/b56-52+. The summed E-state index contributed by atoms with van der Waals surface area (Å²) < 4.78 is 5.50. The van der Waals surface area contributed by atoms with Crippen molar-refractivity contribution in [3.63, 3.8) is 0 Å². The van der Waals surface area contributed by atoms with E-state index >= 15 is 0 Å². The molecule has 416 valence electrons. The van der Waals surface area contributed by atoms with Crippen molar-refractivity contribution in [3.05, 3.63) is 12.2 Å². The number of carbonyl (C=O) groups is 2. The third-order valence-electron chi connectivity index (χ3n) is 15.1. The second kappa shape index (κ2) is 60.2. The summed E-state index contributed by atoms with van der Waals surface area (Å²) in [6, 6.07) is -0.630. The van der Waals surface area contributed by atoms with E-state index in [1.807, 2.05) is 6.08 Å². The topological polar surface area (TPSA) is 95.9 Å². The molecule has 0 bridgehead atoms. The van der Waals surface area contributed by atoms with E-state index in [9.17, 15) is 19.8 Å². The normalized spacial score (nSPS) is 12.6. The number of ether oxygens (including phenoxy) is 1. The number of hydrogen-bond acceptors (Lipinski definition) is 5. The molecule has 6 heteroatoms. The molecule has 0 aliphatic heterocycles.